The Morgan fingerprint density at radius 2 is 2.19 bits per heavy atom. The van der Waals surface area contributed by atoms with Crippen molar-refractivity contribution in [2.24, 2.45) is 0 Å². The van der Waals surface area contributed by atoms with Crippen LogP contribution in [0.2, 0.25) is 0 Å². The number of thioether (sulfide) groups is 1. The lowest BCUT2D eigenvalue weighted by molar-refractivity contribution is -0.118. The van der Waals surface area contributed by atoms with E-state index in [1.54, 1.807) is 10.6 Å². The predicted molar refractivity (Wildman–Crippen MR) is 110 cm³/mol. The summed E-state index contributed by atoms with van der Waals surface area (Å²) in [7, 11) is 0. The molecule has 0 saturated heterocycles. The molecule has 6 heteroatoms. The van der Waals surface area contributed by atoms with Crippen molar-refractivity contribution in [3.05, 3.63) is 46.3 Å². The predicted octanol–water partition coefficient (Wildman–Crippen LogP) is 3.13. The van der Waals surface area contributed by atoms with E-state index < -0.39 is 0 Å². The summed E-state index contributed by atoms with van der Waals surface area (Å²) >= 11 is 1.27. The van der Waals surface area contributed by atoms with Crippen LogP contribution < -0.4 is 10.9 Å². The highest BCUT2D eigenvalue weighted by molar-refractivity contribution is 7.99. The molecule has 2 aromatic rings. The SMILES string of the molecule is C#CCNC(=O)CSc1nc2ccccc2c(=O)n1CCC1=CCCCC1. The molecule has 1 heterocycles. The smallest absolute Gasteiger partial charge is 0.262 e. The number of hydrogen-bond acceptors (Lipinski definition) is 4. The van der Waals surface area contributed by atoms with Gasteiger partial charge in [0.1, 0.15) is 0 Å². The van der Waals surface area contributed by atoms with E-state index in [1.165, 1.54) is 30.2 Å². The van der Waals surface area contributed by atoms with Crippen LogP contribution in [0.4, 0.5) is 0 Å². The number of terminal acetylenes is 1. The number of fused-ring (bicyclic) bond motifs is 1. The number of para-hydroxylation sites is 1. The van der Waals surface area contributed by atoms with Gasteiger partial charge in [-0.1, -0.05) is 41.5 Å². The minimum absolute atomic E-state index is 0.0523. The van der Waals surface area contributed by atoms with Gasteiger partial charge in [0, 0.05) is 6.54 Å². The molecular weight excluding hydrogens is 358 g/mol. The molecule has 0 spiro atoms. The first-order valence-electron chi connectivity index (χ1n) is 9.19. The largest absolute Gasteiger partial charge is 0.344 e. The minimum Gasteiger partial charge on any atom is -0.344 e. The molecule has 0 atom stereocenters. The molecule has 0 bridgehead atoms. The zero-order valence-corrected chi connectivity index (χ0v) is 16.1. The van der Waals surface area contributed by atoms with Crippen LogP contribution >= 0.6 is 11.8 Å². The Kier molecular flexibility index (Phi) is 6.72. The van der Waals surface area contributed by atoms with Crippen molar-refractivity contribution in [2.75, 3.05) is 12.3 Å². The quantitative estimate of drug-likeness (QED) is 0.346. The summed E-state index contributed by atoms with van der Waals surface area (Å²) in [4.78, 5) is 29.5. The van der Waals surface area contributed by atoms with Gasteiger partial charge in [-0.05, 0) is 44.2 Å². The Balaban J connectivity index is 1.85. The third-order valence-corrected chi connectivity index (χ3v) is 5.56. The number of amides is 1. The van der Waals surface area contributed by atoms with Gasteiger partial charge in [-0.3, -0.25) is 14.2 Å². The molecule has 0 fully saturated rings. The molecule has 5 nitrogen and oxygen atoms in total. The number of benzene rings is 1. The van der Waals surface area contributed by atoms with E-state index in [9.17, 15) is 9.59 Å². The van der Waals surface area contributed by atoms with E-state index in [-0.39, 0.29) is 23.8 Å². The molecule has 1 aromatic heterocycles. The Hall–Kier alpha value is -2.52. The maximum Gasteiger partial charge on any atom is 0.262 e. The van der Waals surface area contributed by atoms with Crippen LogP contribution in [0, 0.1) is 12.3 Å². The van der Waals surface area contributed by atoms with Gasteiger partial charge in [0.15, 0.2) is 5.16 Å². The number of allylic oxidation sites excluding steroid dienone is 2. The maximum atomic E-state index is 13.0. The minimum atomic E-state index is -0.165. The zero-order valence-electron chi connectivity index (χ0n) is 15.2. The fourth-order valence-corrected chi connectivity index (χ4v) is 4.03. The molecule has 0 saturated carbocycles. The first kappa shape index (κ1) is 19.2. The summed E-state index contributed by atoms with van der Waals surface area (Å²) in [6.07, 6.45) is 13.0. The van der Waals surface area contributed by atoms with Crippen molar-refractivity contribution in [3.8, 4) is 12.3 Å². The van der Waals surface area contributed by atoms with Crippen LogP contribution in [0.1, 0.15) is 32.1 Å². The number of hydrogen-bond donors (Lipinski definition) is 1. The van der Waals surface area contributed by atoms with Crippen molar-refractivity contribution < 1.29 is 4.79 Å². The van der Waals surface area contributed by atoms with Crippen LogP contribution in [0.3, 0.4) is 0 Å². The number of nitrogens with zero attached hydrogens (tertiary/aromatic N) is 2. The maximum absolute atomic E-state index is 13.0. The lowest BCUT2D eigenvalue weighted by atomic mass is 9.97. The molecule has 1 aliphatic rings. The van der Waals surface area contributed by atoms with Crippen LogP contribution in [-0.2, 0) is 11.3 Å². The number of rotatable bonds is 7. The molecule has 1 N–H and O–H groups in total. The van der Waals surface area contributed by atoms with E-state index >= 15 is 0 Å². The fourth-order valence-electron chi connectivity index (χ4n) is 3.17. The normalized spacial score (nSPS) is 13.8. The second-order valence-electron chi connectivity index (χ2n) is 6.50. The highest BCUT2D eigenvalue weighted by atomic mass is 32.2. The molecule has 140 valence electrons. The van der Waals surface area contributed by atoms with Crippen molar-refractivity contribution in [2.45, 2.75) is 43.8 Å². The van der Waals surface area contributed by atoms with Crippen LogP contribution in [0.5, 0.6) is 0 Å². The number of carbonyl (C=O) groups is 1. The van der Waals surface area contributed by atoms with E-state index in [0.717, 1.165) is 19.3 Å². The van der Waals surface area contributed by atoms with Crippen LogP contribution in [0.15, 0.2) is 45.9 Å². The van der Waals surface area contributed by atoms with E-state index in [0.29, 0.717) is 22.6 Å². The van der Waals surface area contributed by atoms with Crippen molar-refractivity contribution in [1.82, 2.24) is 14.9 Å². The van der Waals surface area contributed by atoms with E-state index in [2.05, 4.69) is 22.3 Å². The molecular formula is C21H23N3O2S. The standard InChI is InChI=1S/C21H23N3O2S/c1-2-13-22-19(25)15-27-21-23-18-11-7-6-10-17(18)20(26)24(21)14-12-16-8-4-3-5-9-16/h1,6-8,10-11H,3-5,9,12-15H2,(H,22,25). The highest BCUT2D eigenvalue weighted by Gasteiger charge is 2.14. The first-order chi connectivity index (χ1) is 13.2. The monoisotopic (exact) mass is 381 g/mol. The number of nitrogens with one attached hydrogen (secondary N) is 1. The summed E-state index contributed by atoms with van der Waals surface area (Å²) in [6.45, 7) is 0.780. The fraction of sp³-hybridized carbons (Fsp3) is 0.381. The summed E-state index contributed by atoms with van der Waals surface area (Å²) in [5.41, 5.74) is 2.01. The van der Waals surface area contributed by atoms with Gasteiger partial charge in [0.2, 0.25) is 5.91 Å². The Morgan fingerprint density at radius 1 is 1.33 bits per heavy atom. The van der Waals surface area contributed by atoms with Crippen molar-refractivity contribution >= 4 is 28.6 Å². The molecule has 27 heavy (non-hydrogen) atoms. The van der Waals surface area contributed by atoms with Crippen molar-refractivity contribution in [3.63, 3.8) is 0 Å². The second-order valence-corrected chi connectivity index (χ2v) is 7.44. The van der Waals surface area contributed by atoms with Gasteiger partial charge < -0.3 is 5.32 Å². The van der Waals surface area contributed by atoms with Gasteiger partial charge in [0.25, 0.3) is 5.56 Å². The summed E-state index contributed by atoms with van der Waals surface area (Å²) in [5.74, 6) is 2.39. The van der Waals surface area contributed by atoms with Gasteiger partial charge in [-0.2, -0.15) is 0 Å². The first-order valence-corrected chi connectivity index (χ1v) is 10.2. The average Bonchev–Trinajstić information content (AvgIpc) is 2.71. The summed E-state index contributed by atoms with van der Waals surface area (Å²) < 4.78 is 1.71. The van der Waals surface area contributed by atoms with Crippen molar-refractivity contribution in [1.29, 1.82) is 0 Å². The topological polar surface area (TPSA) is 64.0 Å². The molecule has 0 aliphatic heterocycles. The van der Waals surface area contributed by atoms with Gasteiger partial charge in [-0.15, -0.1) is 6.42 Å². The zero-order chi connectivity index (χ0) is 19.1. The third-order valence-electron chi connectivity index (χ3n) is 4.59. The van der Waals surface area contributed by atoms with Crippen LogP contribution in [0.25, 0.3) is 10.9 Å². The van der Waals surface area contributed by atoms with E-state index in [1.807, 2.05) is 18.2 Å². The van der Waals surface area contributed by atoms with Crippen LogP contribution in [-0.4, -0.2) is 27.8 Å². The van der Waals surface area contributed by atoms with E-state index in [4.69, 9.17) is 6.42 Å². The average molecular weight is 382 g/mol. The lowest BCUT2D eigenvalue weighted by Crippen LogP contribution is -2.27. The molecule has 0 unspecified atom stereocenters. The van der Waals surface area contributed by atoms with Gasteiger partial charge >= 0.3 is 0 Å². The Bertz CT molecular complexity index is 956. The summed E-state index contributed by atoms with van der Waals surface area (Å²) in [6, 6.07) is 7.34. The number of aromatic nitrogens is 2. The highest BCUT2D eigenvalue weighted by Crippen LogP contribution is 2.22. The molecule has 3 rings (SSSR count). The summed E-state index contributed by atoms with van der Waals surface area (Å²) in [5, 5.41) is 3.82. The molecule has 1 aliphatic carbocycles. The Labute approximate surface area is 163 Å². The number of carbonyl (C=O) groups excluding carboxylic acids is 1. The Morgan fingerprint density at radius 3 is 2.96 bits per heavy atom. The van der Waals surface area contributed by atoms with Gasteiger partial charge in [0.05, 0.1) is 23.2 Å². The lowest BCUT2D eigenvalue weighted by Gasteiger charge is -2.16. The molecule has 1 amide bonds. The molecule has 1 aromatic carbocycles. The molecule has 0 radical (unpaired) electrons. The second kappa shape index (κ2) is 9.43. The third kappa shape index (κ3) is 5.01. The van der Waals surface area contributed by atoms with Gasteiger partial charge in [-0.25, -0.2) is 4.98 Å².